The van der Waals surface area contributed by atoms with E-state index in [0.29, 0.717) is 10.9 Å². The van der Waals surface area contributed by atoms with Gasteiger partial charge in [0.1, 0.15) is 5.69 Å². The third-order valence-electron chi connectivity index (χ3n) is 5.32. The number of nitrogens with zero attached hydrogens (tertiary/aromatic N) is 1. The number of carbonyl (C=O) groups excluding carboxylic acids is 2. The maximum Gasteiger partial charge on any atom is 0.434 e. The molecular weight excluding hydrogens is 457 g/mol. The molecule has 0 fully saturated rings. The first-order chi connectivity index (χ1) is 16.0. The second-order valence-corrected chi connectivity index (χ2v) is 8.20. The van der Waals surface area contributed by atoms with Crippen LogP contribution in [0.15, 0.2) is 42.5 Å². The van der Waals surface area contributed by atoms with Gasteiger partial charge < -0.3 is 4.74 Å². The molecule has 0 unspecified atom stereocenters. The number of methoxy groups -OCH3 is 1. The zero-order chi connectivity index (χ0) is 25.2. The van der Waals surface area contributed by atoms with Gasteiger partial charge in [0.15, 0.2) is 11.5 Å². The molecule has 2 aromatic carbocycles. The summed E-state index contributed by atoms with van der Waals surface area (Å²) in [5.41, 5.74) is -4.71. The Morgan fingerprint density at radius 1 is 1.00 bits per heavy atom. The van der Waals surface area contributed by atoms with Crippen LogP contribution in [0.3, 0.4) is 0 Å². The van der Waals surface area contributed by atoms with Crippen molar-refractivity contribution in [2.24, 2.45) is 5.92 Å². The Balaban J connectivity index is 2.32. The molecule has 3 aromatic rings. The predicted molar refractivity (Wildman–Crippen MR) is 116 cm³/mol. The molecule has 1 heterocycles. The lowest BCUT2D eigenvalue weighted by Gasteiger charge is -2.22. The lowest BCUT2D eigenvalue weighted by atomic mass is 9.87. The maximum atomic E-state index is 14.0. The summed E-state index contributed by atoms with van der Waals surface area (Å²) >= 11 is 0. The zero-order valence-corrected chi connectivity index (χ0v) is 18.7. The number of benzene rings is 2. The highest BCUT2D eigenvalue weighted by Gasteiger charge is 2.42. The molecule has 0 saturated carbocycles. The fraction of sp³-hybridized carbons (Fsp3) is 0.320. The molecule has 0 radical (unpaired) electrons. The summed E-state index contributed by atoms with van der Waals surface area (Å²) in [6.07, 6.45) is -9.35. The third kappa shape index (κ3) is 5.08. The Kier molecular flexibility index (Phi) is 7.33. The van der Waals surface area contributed by atoms with Gasteiger partial charge in [-0.25, -0.2) is 18.6 Å². The van der Waals surface area contributed by atoms with E-state index in [1.807, 2.05) is 0 Å². The van der Waals surface area contributed by atoms with Gasteiger partial charge in [0.25, 0.3) is 6.43 Å². The summed E-state index contributed by atoms with van der Waals surface area (Å²) in [5.74, 6) is -2.61. The van der Waals surface area contributed by atoms with Crippen LogP contribution in [0, 0.1) is 5.92 Å². The highest BCUT2D eigenvalue weighted by atomic mass is 19.4. The number of rotatable bonds is 7. The van der Waals surface area contributed by atoms with Crippen LogP contribution in [0.1, 0.15) is 63.5 Å². The molecule has 0 aliphatic heterocycles. The van der Waals surface area contributed by atoms with Crippen molar-refractivity contribution in [3.8, 4) is 0 Å². The summed E-state index contributed by atoms with van der Waals surface area (Å²) in [7, 11) is 0.923. The molecule has 0 aliphatic carbocycles. The van der Waals surface area contributed by atoms with Crippen LogP contribution >= 0.6 is 0 Å². The first kappa shape index (κ1) is 25.3. The lowest BCUT2D eigenvalue weighted by Crippen LogP contribution is -2.25. The molecule has 9 heteroatoms. The van der Waals surface area contributed by atoms with Gasteiger partial charge in [0.05, 0.1) is 18.2 Å². The standard InChI is InChI=1S/C25H22F5NO3/c1-13(2)11-17-19(18(32)12-15-9-6-8-14-7-4-5-10-16(14)15)22(25(28,29)30)31-21(23(26)27)20(17)24(33)34-3/h4-10,13,23H,11-12H2,1-3H3. The highest BCUT2D eigenvalue weighted by Crippen LogP contribution is 2.38. The number of esters is 1. The fourth-order valence-electron chi connectivity index (χ4n) is 3.97. The largest absolute Gasteiger partial charge is 0.465 e. The molecule has 0 N–H and O–H groups in total. The number of fused-ring (bicyclic) bond motifs is 1. The van der Waals surface area contributed by atoms with E-state index in [1.165, 1.54) is 0 Å². The smallest absolute Gasteiger partial charge is 0.434 e. The number of pyridine rings is 1. The van der Waals surface area contributed by atoms with Gasteiger partial charge in [0.2, 0.25) is 0 Å². The van der Waals surface area contributed by atoms with E-state index in [1.54, 1.807) is 56.3 Å². The van der Waals surface area contributed by atoms with Crippen LogP contribution in [-0.4, -0.2) is 23.8 Å². The quantitative estimate of drug-likeness (QED) is 0.218. The Labute approximate surface area is 192 Å². The monoisotopic (exact) mass is 479 g/mol. The van der Waals surface area contributed by atoms with E-state index in [9.17, 15) is 31.5 Å². The number of halogens is 5. The van der Waals surface area contributed by atoms with E-state index in [-0.39, 0.29) is 12.3 Å². The number of Topliss-reactive ketones (excluding diaryl/α,β-unsaturated/α-hetero) is 1. The van der Waals surface area contributed by atoms with Crippen LogP contribution < -0.4 is 0 Å². The van der Waals surface area contributed by atoms with Gasteiger partial charge >= 0.3 is 12.1 Å². The molecule has 34 heavy (non-hydrogen) atoms. The number of alkyl halides is 5. The molecule has 0 atom stereocenters. The maximum absolute atomic E-state index is 14.0. The molecule has 0 amide bonds. The van der Waals surface area contributed by atoms with Crippen molar-refractivity contribution in [2.75, 3.05) is 7.11 Å². The number of hydrogen-bond donors (Lipinski definition) is 0. The number of aromatic nitrogens is 1. The Morgan fingerprint density at radius 3 is 2.24 bits per heavy atom. The van der Waals surface area contributed by atoms with Crippen LogP contribution in [0.25, 0.3) is 10.8 Å². The van der Waals surface area contributed by atoms with E-state index in [4.69, 9.17) is 0 Å². The van der Waals surface area contributed by atoms with Crippen LogP contribution in [0.4, 0.5) is 22.0 Å². The van der Waals surface area contributed by atoms with Crippen molar-refractivity contribution in [1.82, 2.24) is 4.98 Å². The van der Waals surface area contributed by atoms with Gasteiger partial charge in [-0.15, -0.1) is 0 Å². The summed E-state index contributed by atoms with van der Waals surface area (Å²) in [6, 6.07) is 12.1. The average Bonchev–Trinajstić information content (AvgIpc) is 2.76. The van der Waals surface area contributed by atoms with Crippen LogP contribution in [-0.2, 0) is 23.8 Å². The Hall–Kier alpha value is -3.36. The van der Waals surface area contributed by atoms with Gasteiger partial charge in [-0.05, 0) is 34.2 Å². The first-order valence-electron chi connectivity index (χ1n) is 10.5. The number of hydrogen-bond acceptors (Lipinski definition) is 4. The van der Waals surface area contributed by atoms with Crippen molar-refractivity contribution >= 4 is 22.5 Å². The van der Waals surface area contributed by atoms with E-state index < -0.39 is 58.9 Å². The SMILES string of the molecule is COC(=O)c1c(C(F)F)nc(C(F)(F)F)c(C(=O)Cc2cccc3ccccc23)c1CC(C)C. The molecule has 0 aliphatic rings. The molecule has 0 spiro atoms. The van der Waals surface area contributed by atoms with Crippen molar-refractivity contribution in [2.45, 2.75) is 39.3 Å². The predicted octanol–water partition coefficient (Wildman–Crippen LogP) is 6.60. The molecule has 1 aromatic heterocycles. The fourth-order valence-corrected chi connectivity index (χ4v) is 3.97. The number of ketones is 1. The van der Waals surface area contributed by atoms with E-state index >= 15 is 0 Å². The third-order valence-corrected chi connectivity index (χ3v) is 5.32. The van der Waals surface area contributed by atoms with Gasteiger partial charge in [-0.2, -0.15) is 13.2 Å². The van der Waals surface area contributed by atoms with Gasteiger partial charge in [-0.1, -0.05) is 56.3 Å². The van der Waals surface area contributed by atoms with Crippen molar-refractivity contribution in [1.29, 1.82) is 0 Å². The van der Waals surface area contributed by atoms with E-state index in [0.717, 1.165) is 12.5 Å². The Morgan fingerprint density at radius 2 is 1.65 bits per heavy atom. The molecule has 4 nitrogen and oxygen atoms in total. The Bertz CT molecular complexity index is 1230. The zero-order valence-electron chi connectivity index (χ0n) is 18.7. The molecule has 0 bridgehead atoms. The van der Waals surface area contributed by atoms with Gasteiger partial charge in [-0.3, -0.25) is 4.79 Å². The summed E-state index contributed by atoms with van der Waals surface area (Å²) in [4.78, 5) is 28.9. The van der Waals surface area contributed by atoms with Crippen molar-refractivity contribution in [3.63, 3.8) is 0 Å². The molecular formula is C25H22F5NO3. The topological polar surface area (TPSA) is 56.3 Å². The average molecular weight is 479 g/mol. The summed E-state index contributed by atoms with van der Waals surface area (Å²) in [6.45, 7) is 3.27. The van der Waals surface area contributed by atoms with Crippen molar-refractivity contribution < 1.29 is 36.3 Å². The van der Waals surface area contributed by atoms with Gasteiger partial charge in [0, 0.05) is 6.42 Å². The van der Waals surface area contributed by atoms with Crippen LogP contribution in [0.5, 0.6) is 0 Å². The molecule has 0 saturated heterocycles. The first-order valence-corrected chi connectivity index (χ1v) is 10.5. The lowest BCUT2D eigenvalue weighted by molar-refractivity contribution is -0.141. The number of ether oxygens (including phenoxy) is 1. The summed E-state index contributed by atoms with van der Waals surface area (Å²) < 4.78 is 74.1. The summed E-state index contributed by atoms with van der Waals surface area (Å²) in [5, 5.41) is 1.45. The second kappa shape index (κ2) is 9.87. The minimum absolute atomic E-state index is 0.230. The minimum atomic E-state index is -5.20. The normalized spacial score (nSPS) is 11.9. The van der Waals surface area contributed by atoms with Crippen LogP contribution in [0.2, 0.25) is 0 Å². The molecule has 3 rings (SSSR count). The minimum Gasteiger partial charge on any atom is -0.465 e. The highest BCUT2D eigenvalue weighted by molar-refractivity contribution is 6.05. The van der Waals surface area contributed by atoms with Crippen molar-refractivity contribution in [3.05, 3.63) is 76.1 Å². The molecule has 180 valence electrons. The number of carbonyl (C=O) groups is 2. The second-order valence-electron chi connectivity index (χ2n) is 8.20. The van der Waals surface area contributed by atoms with E-state index in [2.05, 4.69) is 9.72 Å².